The fraction of sp³-hybridized carbons (Fsp3) is 0.500. The summed E-state index contributed by atoms with van der Waals surface area (Å²) >= 11 is 0. The van der Waals surface area contributed by atoms with E-state index in [1.807, 2.05) is 24.9 Å². The molecule has 1 aromatic rings. The standard InChI is InChI=1S/C18H23N3O4/c1-10-16(22)20-14-9-12(5-8-15(14)21(10)2)17(23)19-13-6-3-11(4-7-13)18(24)25/h5,8-11,13H,3-4,6-7H2,1-2H3,(H,19,23)(H,20,22)(H,24,25). The van der Waals surface area contributed by atoms with E-state index in [4.69, 9.17) is 5.11 Å². The highest BCUT2D eigenvalue weighted by molar-refractivity contribution is 6.05. The fourth-order valence-corrected chi connectivity index (χ4v) is 3.46. The van der Waals surface area contributed by atoms with Gasteiger partial charge in [-0.1, -0.05) is 0 Å². The first-order valence-corrected chi connectivity index (χ1v) is 8.58. The number of carboxylic acids is 1. The molecule has 0 aromatic heterocycles. The number of hydrogen-bond donors (Lipinski definition) is 3. The molecule has 0 radical (unpaired) electrons. The minimum Gasteiger partial charge on any atom is -0.481 e. The highest BCUT2D eigenvalue weighted by Gasteiger charge is 2.29. The average Bonchev–Trinajstić information content (AvgIpc) is 2.59. The lowest BCUT2D eigenvalue weighted by Crippen LogP contribution is -2.44. The van der Waals surface area contributed by atoms with Crippen LogP contribution in [-0.4, -0.2) is 42.0 Å². The molecule has 7 heteroatoms. The maximum absolute atomic E-state index is 12.5. The van der Waals surface area contributed by atoms with Crippen molar-refractivity contribution in [3.05, 3.63) is 23.8 Å². The Labute approximate surface area is 146 Å². The van der Waals surface area contributed by atoms with Gasteiger partial charge in [-0.15, -0.1) is 0 Å². The molecule has 1 saturated carbocycles. The van der Waals surface area contributed by atoms with Crippen molar-refractivity contribution in [1.82, 2.24) is 5.32 Å². The minimum atomic E-state index is -0.756. The Kier molecular flexibility index (Phi) is 4.65. The monoisotopic (exact) mass is 345 g/mol. The molecule has 2 amide bonds. The zero-order valence-electron chi connectivity index (χ0n) is 14.4. The van der Waals surface area contributed by atoms with Crippen molar-refractivity contribution in [3.63, 3.8) is 0 Å². The Morgan fingerprint density at radius 2 is 1.92 bits per heavy atom. The van der Waals surface area contributed by atoms with Gasteiger partial charge in [0.05, 0.1) is 17.3 Å². The van der Waals surface area contributed by atoms with Crippen LogP contribution in [0, 0.1) is 5.92 Å². The largest absolute Gasteiger partial charge is 0.481 e. The van der Waals surface area contributed by atoms with Crippen molar-refractivity contribution in [2.45, 2.75) is 44.7 Å². The van der Waals surface area contributed by atoms with E-state index >= 15 is 0 Å². The van der Waals surface area contributed by atoms with E-state index in [1.165, 1.54) is 0 Å². The molecule has 0 bridgehead atoms. The molecule has 1 heterocycles. The number of likely N-dealkylation sites (N-methyl/N-ethyl adjacent to an activating group) is 1. The van der Waals surface area contributed by atoms with Gasteiger partial charge >= 0.3 is 5.97 Å². The minimum absolute atomic E-state index is 0.00332. The summed E-state index contributed by atoms with van der Waals surface area (Å²) in [4.78, 5) is 37.3. The van der Waals surface area contributed by atoms with Gasteiger partial charge < -0.3 is 20.6 Å². The van der Waals surface area contributed by atoms with Crippen molar-refractivity contribution in [2.75, 3.05) is 17.3 Å². The Morgan fingerprint density at radius 3 is 2.56 bits per heavy atom. The van der Waals surface area contributed by atoms with Crippen LogP contribution in [0.4, 0.5) is 11.4 Å². The summed E-state index contributed by atoms with van der Waals surface area (Å²) in [7, 11) is 1.85. The number of aliphatic carboxylic acids is 1. The number of nitrogens with one attached hydrogen (secondary N) is 2. The third-order valence-corrected chi connectivity index (χ3v) is 5.27. The predicted molar refractivity (Wildman–Crippen MR) is 93.8 cm³/mol. The molecule has 1 unspecified atom stereocenters. The second kappa shape index (κ2) is 6.74. The first-order chi connectivity index (χ1) is 11.9. The van der Waals surface area contributed by atoms with Crippen molar-refractivity contribution in [3.8, 4) is 0 Å². The van der Waals surface area contributed by atoms with Crippen molar-refractivity contribution < 1.29 is 19.5 Å². The maximum Gasteiger partial charge on any atom is 0.306 e. The number of carboxylic acid groups (broad SMARTS) is 1. The van der Waals surface area contributed by atoms with Crippen LogP contribution in [0.2, 0.25) is 0 Å². The molecular weight excluding hydrogens is 322 g/mol. The second-order valence-electron chi connectivity index (χ2n) is 6.87. The van der Waals surface area contributed by atoms with Crippen LogP contribution in [0.25, 0.3) is 0 Å². The van der Waals surface area contributed by atoms with Crippen LogP contribution in [0.15, 0.2) is 18.2 Å². The van der Waals surface area contributed by atoms with Crippen molar-refractivity contribution >= 4 is 29.2 Å². The third kappa shape index (κ3) is 3.45. The molecule has 3 rings (SSSR count). The van der Waals surface area contributed by atoms with Gasteiger partial charge in [-0.2, -0.15) is 0 Å². The van der Waals surface area contributed by atoms with Gasteiger partial charge in [0.15, 0.2) is 0 Å². The maximum atomic E-state index is 12.5. The number of nitrogens with zero attached hydrogens (tertiary/aromatic N) is 1. The van der Waals surface area contributed by atoms with Gasteiger partial charge in [0, 0.05) is 18.7 Å². The molecule has 0 saturated heterocycles. The summed E-state index contributed by atoms with van der Waals surface area (Å²) in [6.45, 7) is 1.83. The van der Waals surface area contributed by atoms with Gasteiger partial charge in [0.25, 0.3) is 5.91 Å². The number of carbonyl (C=O) groups excluding carboxylic acids is 2. The number of amides is 2. The van der Waals surface area contributed by atoms with E-state index in [0.717, 1.165) is 5.69 Å². The van der Waals surface area contributed by atoms with Gasteiger partial charge in [0.1, 0.15) is 6.04 Å². The van der Waals surface area contributed by atoms with Crippen LogP contribution in [0.5, 0.6) is 0 Å². The van der Waals surface area contributed by atoms with E-state index < -0.39 is 5.97 Å². The number of anilines is 2. The molecule has 1 aliphatic carbocycles. The quantitative estimate of drug-likeness (QED) is 0.776. The smallest absolute Gasteiger partial charge is 0.306 e. The number of carbonyl (C=O) groups is 3. The molecular formula is C18H23N3O4. The van der Waals surface area contributed by atoms with Crippen LogP contribution in [0.1, 0.15) is 43.0 Å². The number of benzene rings is 1. The Balaban J connectivity index is 1.67. The van der Waals surface area contributed by atoms with Crippen molar-refractivity contribution in [2.24, 2.45) is 5.92 Å². The summed E-state index contributed by atoms with van der Waals surface area (Å²) in [5.74, 6) is -1.35. The Hall–Kier alpha value is -2.57. The third-order valence-electron chi connectivity index (χ3n) is 5.27. The Bertz CT molecular complexity index is 710. The topological polar surface area (TPSA) is 98.7 Å². The zero-order chi connectivity index (χ0) is 18.1. The lowest BCUT2D eigenvalue weighted by atomic mass is 9.86. The van der Waals surface area contributed by atoms with Crippen LogP contribution >= 0.6 is 0 Å². The van der Waals surface area contributed by atoms with Crippen molar-refractivity contribution in [1.29, 1.82) is 0 Å². The summed E-state index contributed by atoms with van der Waals surface area (Å²) in [5, 5.41) is 14.8. The lowest BCUT2D eigenvalue weighted by molar-refractivity contribution is -0.142. The number of fused-ring (bicyclic) bond motifs is 1. The molecule has 2 aliphatic rings. The molecule has 3 N–H and O–H groups in total. The molecule has 7 nitrogen and oxygen atoms in total. The van der Waals surface area contributed by atoms with Gasteiger partial charge in [-0.3, -0.25) is 14.4 Å². The summed E-state index contributed by atoms with van der Waals surface area (Å²) in [6, 6.07) is 5.01. The van der Waals surface area contributed by atoms with E-state index in [1.54, 1.807) is 12.1 Å². The highest BCUT2D eigenvalue weighted by Crippen LogP contribution is 2.32. The predicted octanol–water partition coefficient (Wildman–Crippen LogP) is 1.84. The zero-order valence-corrected chi connectivity index (χ0v) is 14.4. The SMILES string of the molecule is CC1C(=O)Nc2cc(C(=O)NC3CCC(C(=O)O)CC3)ccc2N1C. The van der Waals surface area contributed by atoms with Gasteiger partial charge in [0.2, 0.25) is 5.91 Å². The molecule has 1 aromatic carbocycles. The summed E-state index contributed by atoms with van der Waals surface area (Å²) in [5.41, 5.74) is 2.00. The normalized spacial score (nSPS) is 25.8. The average molecular weight is 345 g/mol. The molecule has 25 heavy (non-hydrogen) atoms. The van der Waals surface area contributed by atoms with E-state index in [9.17, 15) is 14.4 Å². The molecule has 1 fully saturated rings. The summed E-state index contributed by atoms with van der Waals surface area (Å²) in [6.07, 6.45) is 2.52. The summed E-state index contributed by atoms with van der Waals surface area (Å²) < 4.78 is 0. The second-order valence-corrected chi connectivity index (χ2v) is 6.87. The molecule has 134 valence electrons. The first-order valence-electron chi connectivity index (χ1n) is 8.58. The van der Waals surface area contributed by atoms with Gasteiger partial charge in [-0.05, 0) is 50.8 Å². The lowest BCUT2D eigenvalue weighted by Gasteiger charge is -2.33. The molecule has 0 spiro atoms. The fourth-order valence-electron chi connectivity index (χ4n) is 3.46. The van der Waals surface area contributed by atoms with Crippen LogP contribution in [-0.2, 0) is 9.59 Å². The van der Waals surface area contributed by atoms with E-state index in [-0.39, 0.29) is 29.8 Å². The number of rotatable bonds is 3. The van der Waals surface area contributed by atoms with Crippen LogP contribution in [0.3, 0.4) is 0 Å². The van der Waals surface area contributed by atoms with Gasteiger partial charge in [-0.25, -0.2) is 0 Å². The molecule has 1 atom stereocenters. The number of hydrogen-bond acceptors (Lipinski definition) is 4. The Morgan fingerprint density at radius 1 is 1.24 bits per heavy atom. The molecule has 1 aliphatic heterocycles. The first kappa shape index (κ1) is 17.3. The van der Waals surface area contributed by atoms with E-state index in [0.29, 0.717) is 36.9 Å². The van der Waals surface area contributed by atoms with E-state index in [2.05, 4.69) is 10.6 Å². The highest BCUT2D eigenvalue weighted by atomic mass is 16.4. The van der Waals surface area contributed by atoms with Crippen LogP contribution < -0.4 is 15.5 Å².